The molecule has 0 fully saturated rings. The Morgan fingerprint density at radius 2 is 2.00 bits per heavy atom. The van der Waals surface area contributed by atoms with Crippen molar-refractivity contribution >= 4 is 28.5 Å². The number of nitrogens with one attached hydrogen (secondary N) is 1. The quantitative estimate of drug-likeness (QED) is 0.758. The predicted molar refractivity (Wildman–Crippen MR) is 69.4 cm³/mol. The van der Waals surface area contributed by atoms with Crippen LogP contribution in [0.5, 0.6) is 0 Å². The Labute approximate surface area is 108 Å². The highest BCUT2D eigenvalue weighted by atomic mass is 16.4. The summed E-state index contributed by atoms with van der Waals surface area (Å²) in [6, 6.07) is 6.43. The van der Waals surface area contributed by atoms with Gasteiger partial charge < -0.3 is 15.5 Å². The number of hydrogen-bond acceptors (Lipinski definition) is 4. The Morgan fingerprint density at radius 1 is 1.21 bits per heavy atom. The van der Waals surface area contributed by atoms with Crippen LogP contribution in [0.2, 0.25) is 0 Å². The summed E-state index contributed by atoms with van der Waals surface area (Å²) in [5.74, 6) is -1.32. The molecule has 0 aliphatic rings. The van der Waals surface area contributed by atoms with Gasteiger partial charge in [-0.3, -0.25) is 4.79 Å². The molecule has 0 aliphatic carbocycles. The molecule has 0 spiro atoms. The maximum Gasteiger partial charge on any atom is 0.335 e. The van der Waals surface area contributed by atoms with Crippen LogP contribution in [-0.4, -0.2) is 33.7 Å². The minimum atomic E-state index is -0.987. The summed E-state index contributed by atoms with van der Waals surface area (Å²) in [4.78, 5) is 25.5. The monoisotopic (exact) mass is 260 g/mol. The first kappa shape index (κ1) is 12.8. The minimum absolute atomic E-state index is 0.00865. The molecule has 0 bridgehead atoms. The number of fused-ring (bicyclic) bond motifs is 1. The Morgan fingerprint density at radius 3 is 2.68 bits per heavy atom. The molecular formula is C13H12N2O4. The lowest BCUT2D eigenvalue weighted by atomic mass is 10.1. The van der Waals surface area contributed by atoms with Crippen LogP contribution < -0.4 is 5.32 Å². The van der Waals surface area contributed by atoms with Crippen molar-refractivity contribution in [2.24, 2.45) is 0 Å². The zero-order valence-corrected chi connectivity index (χ0v) is 9.96. The van der Waals surface area contributed by atoms with Gasteiger partial charge in [0.25, 0.3) is 0 Å². The second kappa shape index (κ2) is 5.34. The molecule has 0 saturated heterocycles. The third-order valence-corrected chi connectivity index (χ3v) is 2.64. The van der Waals surface area contributed by atoms with Gasteiger partial charge in [0.2, 0.25) is 0 Å². The number of carboxylic acids is 2. The molecule has 0 saturated carbocycles. The number of rotatable bonds is 5. The van der Waals surface area contributed by atoms with Crippen molar-refractivity contribution in [2.45, 2.75) is 6.42 Å². The molecule has 2 aromatic rings. The molecule has 98 valence electrons. The van der Waals surface area contributed by atoms with Crippen molar-refractivity contribution in [3.63, 3.8) is 0 Å². The van der Waals surface area contributed by atoms with Crippen molar-refractivity contribution < 1.29 is 19.8 Å². The van der Waals surface area contributed by atoms with Crippen LogP contribution in [0, 0.1) is 0 Å². The molecule has 0 aliphatic heterocycles. The first-order chi connectivity index (χ1) is 9.08. The standard InChI is InChI=1S/C13H12N2O4/c16-11(17)4-6-15-12-10-2-1-9(13(18)19)7-8(10)3-5-14-12/h1-3,5,7H,4,6H2,(H,14,15)(H,16,17)(H,18,19). The highest BCUT2D eigenvalue weighted by molar-refractivity contribution is 5.98. The number of aromatic carboxylic acids is 1. The van der Waals surface area contributed by atoms with E-state index in [2.05, 4.69) is 10.3 Å². The smallest absolute Gasteiger partial charge is 0.335 e. The van der Waals surface area contributed by atoms with Crippen molar-refractivity contribution in [1.82, 2.24) is 4.98 Å². The molecule has 1 aromatic carbocycles. The molecule has 0 atom stereocenters. The van der Waals surface area contributed by atoms with Crippen molar-refractivity contribution in [1.29, 1.82) is 0 Å². The Balaban J connectivity index is 2.30. The van der Waals surface area contributed by atoms with E-state index in [4.69, 9.17) is 10.2 Å². The molecule has 3 N–H and O–H groups in total. The van der Waals surface area contributed by atoms with Crippen molar-refractivity contribution in [3.8, 4) is 0 Å². The van der Waals surface area contributed by atoms with E-state index >= 15 is 0 Å². The molecule has 0 radical (unpaired) electrons. The lowest BCUT2D eigenvalue weighted by molar-refractivity contribution is -0.136. The average molecular weight is 260 g/mol. The number of carbonyl (C=O) groups is 2. The van der Waals surface area contributed by atoms with Gasteiger partial charge in [0.1, 0.15) is 5.82 Å². The highest BCUT2D eigenvalue weighted by Crippen LogP contribution is 2.22. The molecule has 0 unspecified atom stereocenters. The number of nitrogens with zero attached hydrogens (tertiary/aromatic N) is 1. The van der Waals surface area contributed by atoms with Crippen LogP contribution >= 0.6 is 0 Å². The van der Waals surface area contributed by atoms with Crippen LogP contribution in [0.1, 0.15) is 16.8 Å². The maximum absolute atomic E-state index is 10.9. The van der Waals surface area contributed by atoms with Gasteiger partial charge in [-0.05, 0) is 29.7 Å². The van der Waals surface area contributed by atoms with Gasteiger partial charge in [0.15, 0.2) is 0 Å². The molecule has 19 heavy (non-hydrogen) atoms. The summed E-state index contributed by atoms with van der Waals surface area (Å²) in [6.07, 6.45) is 1.54. The van der Waals surface area contributed by atoms with E-state index < -0.39 is 11.9 Å². The summed E-state index contributed by atoms with van der Waals surface area (Å²) < 4.78 is 0. The second-order valence-corrected chi connectivity index (χ2v) is 3.97. The SMILES string of the molecule is O=C(O)CCNc1nccc2cc(C(=O)O)ccc12. The summed E-state index contributed by atoms with van der Waals surface area (Å²) in [6.45, 7) is 0.266. The minimum Gasteiger partial charge on any atom is -0.481 e. The number of aliphatic carboxylic acids is 1. The Hall–Kier alpha value is -2.63. The molecular weight excluding hydrogens is 248 g/mol. The molecule has 1 aromatic heterocycles. The van der Waals surface area contributed by atoms with Gasteiger partial charge in [0.05, 0.1) is 12.0 Å². The fourth-order valence-electron chi connectivity index (χ4n) is 1.74. The molecule has 0 amide bonds. The lowest BCUT2D eigenvalue weighted by Gasteiger charge is -2.08. The predicted octanol–water partition coefficient (Wildman–Crippen LogP) is 1.82. The zero-order chi connectivity index (χ0) is 13.8. The Bertz CT molecular complexity index is 640. The van der Waals surface area contributed by atoms with E-state index in [1.807, 2.05) is 0 Å². The van der Waals surface area contributed by atoms with Crippen molar-refractivity contribution in [3.05, 3.63) is 36.0 Å². The normalized spacial score (nSPS) is 10.3. The molecule has 6 nitrogen and oxygen atoms in total. The molecule has 1 heterocycles. The van der Waals surface area contributed by atoms with E-state index in [1.165, 1.54) is 6.07 Å². The first-order valence-electron chi connectivity index (χ1n) is 5.65. The fourth-order valence-corrected chi connectivity index (χ4v) is 1.74. The number of benzene rings is 1. The first-order valence-corrected chi connectivity index (χ1v) is 5.65. The van der Waals surface area contributed by atoms with E-state index in [0.29, 0.717) is 5.82 Å². The summed E-state index contributed by atoms with van der Waals surface area (Å²) in [7, 11) is 0. The number of pyridine rings is 1. The van der Waals surface area contributed by atoms with Crippen LogP contribution in [-0.2, 0) is 4.79 Å². The Kier molecular flexibility index (Phi) is 3.61. The number of anilines is 1. The number of carboxylic acid groups (broad SMARTS) is 2. The van der Waals surface area contributed by atoms with E-state index in [9.17, 15) is 9.59 Å². The number of aromatic nitrogens is 1. The van der Waals surface area contributed by atoms with Gasteiger partial charge in [-0.1, -0.05) is 0 Å². The van der Waals surface area contributed by atoms with Crippen LogP contribution in [0.25, 0.3) is 10.8 Å². The fraction of sp³-hybridized carbons (Fsp3) is 0.154. The van der Waals surface area contributed by atoms with Crippen LogP contribution in [0.3, 0.4) is 0 Å². The van der Waals surface area contributed by atoms with E-state index in [0.717, 1.165) is 10.8 Å². The third kappa shape index (κ3) is 2.98. The van der Waals surface area contributed by atoms with E-state index in [-0.39, 0.29) is 18.5 Å². The lowest BCUT2D eigenvalue weighted by Crippen LogP contribution is -2.08. The van der Waals surface area contributed by atoms with Gasteiger partial charge >= 0.3 is 11.9 Å². The topological polar surface area (TPSA) is 99.5 Å². The zero-order valence-electron chi connectivity index (χ0n) is 9.96. The maximum atomic E-state index is 10.9. The van der Waals surface area contributed by atoms with E-state index in [1.54, 1.807) is 24.4 Å². The average Bonchev–Trinajstić information content (AvgIpc) is 2.37. The van der Waals surface area contributed by atoms with Gasteiger partial charge in [-0.25, -0.2) is 9.78 Å². The van der Waals surface area contributed by atoms with Crippen molar-refractivity contribution in [2.75, 3.05) is 11.9 Å². The summed E-state index contributed by atoms with van der Waals surface area (Å²) >= 11 is 0. The van der Waals surface area contributed by atoms with Crippen LogP contribution in [0.4, 0.5) is 5.82 Å². The second-order valence-electron chi connectivity index (χ2n) is 3.97. The third-order valence-electron chi connectivity index (χ3n) is 2.64. The highest BCUT2D eigenvalue weighted by Gasteiger charge is 2.07. The van der Waals surface area contributed by atoms with Gasteiger partial charge in [-0.2, -0.15) is 0 Å². The van der Waals surface area contributed by atoms with Gasteiger partial charge in [0, 0.05) is 18.1 Å². The van der Waals surface area contributed by atoms with Gasteiger partial charge in [-0.15, -0.1) is 0 Å². The number of hydrogen-bond donors (Lipinski definition) is 3. The molecule has 6 heteroatoms. The summed E-state index contributed by atoms with van der Waals surface area (Å²) in [5.41, 5.74) is 0.204. The molecule has 2 rings (SSSR count). The van der Waals surface area contributed by atoms with Crippen LogP contribution in [0.15, 0.2) is 30.5 Å². The largest absolute Gasteiger partial charge is 0.481 e. The summed E-state index contributed by atoms with van der Waals surface area (Å²) in [5, 5.41) is 21.9.